The van der Waals surface area contributed by atoms with Crippen LogP contribution >= 0.6 is 0 Å². The maximum absolute atomic E-state index is 5.93. The molecule has 162 valence electrons. The first-order valence-electron chi connectivity index (χ1n) is 11.7. The molecule has 0 radical (unpaired) electrons. The van der Waals surface area contributed by atoms with E-state index in [0.717, 1.165) is 18.4 Å². The summed E-state index contributed by atoms with van der Waals surface area (Å²) in [6.45, 7) is 8.71. The summed E-state index contributed by atoms with van der Waals surface area (Å²) in [5.74, 6) is 0.579. The summed E-state index contributed by atoms with van der Waals surface area (Å²) in [6.07, 6.45) is 4.91. The third-order valence-electron chi connectivity index (χ3n) is 6.92. The highest BCUT2D eigenvalue weighted by Gasteiger charge is 2.25. The number of aromatic nitrogens is 1. The van der Waals surface area contributed by atoms with Crippen LogP contribution in [-0.2, 0) is 4.74 Å². The molecule has 1 aliphatic rings. The molecule has 32 heavy (non-hydrogen) atoms. The maximum atomic E-state index is 5.93. The summed E-state index contributed by atoms with van der Waals surface area (Å²) in [5.41, 5.74) is 9.88. The van der Waals surface area contributed by atoms with E-state index in [1.54, 1.807) is 0 Å². The third-order valence-corrected chi connectivity index (χ3v) is 6.92. The van der Waals surface area contributed by atoms with Crippen molar-refractivity contribution >= 4 is 10.9 Å². The summed E-state index contributed by atoms with van der Waals surface area (Å²) in [6, 6.07) is 24.3. The average Bonchev–Trinajstić information content (AvgIpc) is 2.79. The monoisotopic (exact) mass is 421 g/mol. The van der Waals surface area contributed by atoms with Crippen molar-refractivity contribution in [3.63, 3.8) is 0 Å². The van der Waals surface area contributed by atoms with E-state index in [4.69, 9.17) is 9.72 Å². The quantitative estimate of drug-likeness (QED) is 0.336. The zero-order chi connectivity index (χ0) is 22.2. The van der Waals surface area contributed by atoms with Gasteiger partial charge in [0.25, 0.3) is 0 Å². The predicted octanol–water partition coefficient (Wildman–Crippen LogP) is 7.86. The molecule has 0 amide bonds. The highest BCUT2D eigenvalue weighted by molar-refractivity contribution is 5.97. The molecule has 0 bridgehead atoms. The van der Waals surface area contributed by atoms with Crippen LogP contribution in [0.25, 0.3) is 33.2 Å². The summed E-state index contributed by atoms with van der Waals surface area (Å²) >= 11 is 0. The van der Waals surface area contributed by atoms with Gasteiger partial charge in [0.15, 0.2) is 0 Å². The number of pyridine rings is 1. The molecule has 1 fully saturated rings. The van der Waals surface area contributed by atoms with Gasteiger partial charge in [-0.25, -0.2) is 0 Å². The van der Waals surface area contributed by atoms with Crippen molar-refractivity contribution in [2.24, 2.45) is 0 Å². The van der Waals surface area contributed by atoms with Gasteiger partial charge in [-0.3, -0.25) is 4.98 Å². The highest BCUT2D eigenvalue weighted by atomic mass is 16.5. The second-order valence-electron chi connectivity index (χ2n) is 9.41. The van der Waals surface area contributed by atoms with Gasteiger partial charge in [0.2, 0.25) is 0 Å². The number of fused-ring (bicyclic) bond motifs is 1. The van der Waals surface area contributed by atoms with Crippen molar-refractivity contribution in [2.45, 2.75) is 58.7 Å². The number of hydrogen-bond donors (Lipinski definition) is 0. The van der Waals surface area contributed by atoms with Gasteiger partial charge >= 0.3 is 0 Å². The van der Waals surface area contributed by atoms with Crippen molar-refractivity contribution in [2.75, 3.05) is 0 Å². The Morgan fingerprint density at radius 3 is 2.06 bits per heavy atom. The third kappa shape index (κ3) is 3.96. The largest absolute Gasteiger partial charge is 0.376 e. The van der Waals surface area contributed by atoms with Gasteiger partial charge < -0.3 is 4.74 Å². The number of ether oxygens (including phenoxy) is 1. The minimum Gasteiger partial charge on any atom is -0.376 e. The molecule has 1 aliphatic heterocycles. The van der Waals surface area contributed by atoms with Crippen LogP contribution in [0.5, 0.6) is 0 Å². The maximum Gasteiger partial charge on any atom is 0.0783 e. The van der Waals surface area contributed by atoms with Crippen LogP contribution in [0.3, 0.4) is 0 Å². The standard InChI is InChI=1S/C30H31NO/c1-19-8-10-24(11-9-19)28-7-5-6-27-22(4)29(18-31-30(27)28)25-14-12-23(13-15-25)26-16-20(2)32-21(3)17-26/h5-15,18,20-21,26H,16-17H2,1-4H3/t20-,21+,26?. The molecule has 1 saturated heterocycles. The van der Waals surface area contributed by atoms with E-state index >= 15 is 0 Å². The summed E-state index contributed by atoms with van der Waals surface area (Å²) in [7, 11) is 0. The Kier molecular flexibility index (Phi) is 5.57. The number of benzene rings is 3. The van der Waals surface area contributed by atoms with E-state index < -0.39 is 0 Å². The van der Waals surface area contributed by atoms with Crippen LogP contribution in [0.15, 0.2) is 72.9 Å². The molecular weight excluding hydrogens is 390 g/mol. The van der Waals surface area contributed by atoms with Crippen molar-refractivity contribution < 1.29 is 4.74 Å². The van der Waals surface area contributed by atoms with E-state index in [1.165, 1.54) is 44.3 Å². The molecule has 2 heterocycles. The summed E-state index contributed by atoms with van der Waals surface area (Å²) in [4.78, 5) is 4.93. The lowest BCUT2D eigenvalue weighted by molar-refractivity contribution is -0.0380. The minimum atomic E-state index is 0.332. The van der Waals surface area contributed by atoms with E-state index in [9.17, 15) is 0 Å². The first kappa shape index (κ1) is 20.9. The zero-order valence-electron chi connectivity index (χ0n) is 19.4. The average molecular weight is 422 g/mol. The molecule has 3 aromatic carbocycles. The number of nitrogens with zero attached hydrogens (tertiary/aromatic N) is 1. The molecule has 0 aliphatic carbocycles. The number of aryl methyl sites for hydroxylation is 2. The smallest absolute Gasteiger partial charge is 0.0783 e. The fourth-order valence-electron chi connectivity index (χ4n) is 5.23. The van der Waals surface area contributed by atoms with Crippen molar-refractivity contribution in [1.82, 2.24) is 4.98 Å². The van der Waals surface area contributed by atoms with Gasteiger partial charge in [0.05, 0.1) is 17.7 Å². The molecule has 0 N–H and O–H groups in total. The van der Waals surface area contributed by atoms with E-state index in [-0.39, 0.29) is 0 Å². The van der Waals surface area contributed by atoms with Gasteiger partial charge in [-0.2, -0.15) is 0 Å². The summed E-state index contributed by atoms with van der Waals surface area (Å²) < 4.78 is 5.93. The Morgan fingerprint density at radius 2 is 1.38 bits per heavy atom. The van der Waals surface area contributed by atoms with Gasteiger partial charge in [0, 0.05) is 22.7 Å². The fraction of sp³-hybridized carbons (Fsp3) is 0.300. The molecule has 0 spiro atoms. The predicted molar refractivity (Wildman–Crippen MR) is 134 cm³/mol. The Labute approximate surface area is 191 Å². The van der Waals surface area contributed by atoms with Crippen LogP contribution in [-0.4, -0.2) is 17.2 Å². The zero-order valence-corrected chi connectivity index (χ0v) is 19.4. The molecule has 3 atom stereocenters. The van der Waals surface area contributed by atoms with Crippen molar-refractivity contribution in [3.8, 4) is 22.3 Å². The Morgan fingerprint density at radius 1 is 0.750 bits per heavy atom. The van der Waals surface area contributed by atoms with E-state index in [0.29, 0.717) is 18.1 Å². The second-order valence-corrected chi connectivity index (χ2v) is 9.41. The molecule has 0 saturated carbocycles. The van der Waals surface area contributed by atoms with Crippen LogP contribution < -0.4 is 0 Å². The van der Waals surface area contributed by atoms with Crippen LogP contribution in [0, 0.1) is 13.8 Å². The molecule has 1 unspecified atom stereocenters. The molecular formula is C30H31NO. The number of para-hydroxylation sites is 1. The van der Waals surface area contributed by atoms with Gasteiger partial charge in [-0.05, 0) is 68.7 Å². The highest BCUT2D eigenvalue weighted by Crippen LogP contribution is 2.36. The Balaban J connectivity index is 1.50. The fourth-order valence-corrected chi connectivity index (χ4v) is 5.23. The Hall–Kier alpha value is -2.97. The molecule has 2 nitrogen and oxygen atoms in total. The van der Waals surface area contributed by atoms with Crippen molar-refractivity contribution in [1.29, 1.82) is 0 Å². The molecule has 2 heteroatoms. The first-order valence-corrected chi connectivity index (χ1v) is 11.7. The lowest BCUT2D eigenvalue weighted by Crippen LogP contribution is -2.28. The first-order chi connectivity index (χ1) is 15.5. The van der Waals surface area contributed by atoms with Crippen LogP contribution in [0.2, 0.25) is 0 Å². The van der Waals surface area contributed by atoms with E-state index in [2.05, 4.69) is 94.4 Å². The lowest BCUT2D eigenvalue weighted by Gasteiger charge is -2.32. The van der Waals surface area contributed by atoms with Crippen molar-refractivity contribution in [3.05, 3.63) is 89.6 Å². The second kappa shape index (κ2) is 8.52. The molecule has 1 aromatic heterocycles. The molecule has 5 rings (SSSR count). The number of rotatable bonds is 3. The SMILES string of the molecule is Cc1ccc(-c2cccc3c(C)c(-c4ccc(C5C[C@@H](C)O[C@@H](C)C5)cc4)cnc23)cc1. The van der Waals surface area contributed by atoms with Gasteiger partial charge in [-0.15, -0.1) is 0 Å². The minimum absolute atomic E-state index is 0.332. The van der Waals surface area contributed by atoms with Crippen LogP contribution in [0.4, 0.5) is 0 Å². The number of hydrogen-bond acceptors (Lipinski definition) is 2. The van der Waals surface area contributed by atoms with Crippen LogP contribution in [0.1, 0.15) is 49.3 Å². The Bertz CT molecular complexity index is 1230. The molecule has 4 aromatic rings. The van der Waals surface area contributed by atoms with E-state index in [1.807, 2.05) is 6.20 Å². The lowest BCUT2D eigenvalue weighted by atomic mass is 9.85. The topological polar surface area (TPSA) is 22.1 Å². The summed E-state index contributed by atoms with van der Waals surface area (Å²) in [5, 5.41) is 1.22. The van der Waals surface area contributed by atoms with Gasteiger partial charge in [0.1, 0.15) is 0 Å². The normalized spacial score (nSPS) is 21.1. The van der Waals surface area contributed by atoms with Gasteiger partial charge in [-0.1, -0.05) is 72.3 Å².